The number of aromatic nitrogens is 1. The lowest BCUT2D eigenvalue weighted by atomic mass is 10.2. The van der Waals surface area contributed by atoms with E-state index >= 15 is 0 Å². The van der Waals surface area contributed by atoms with Crippen LogP contribution in [0.15, 0.2) is 39.3 Å². The number of halogens is 1. The molecule has 4 heteroatoms. The molecule has 0 atom stereocenters. The fourth-order valence-electron chi connectivity index (χ4n) is 1.71. The Morgan fingerprint density at radius 2 is 1.94 bits per heavy atom. The van der Waals surface area contributed by atoms with Crippen LogP contribution in [0.1, 0.15) is 17.0 Å². The maximum absolute atomic E-state index is 5.19. The monoisotopic (exact) mass is 294 g/mol. The van der Waals surface area contributed by atoms with Crippen LogP contribution < -0.4 is 0 Å². The van der Waals surface area contributed by atoms with Crippen LogP contribution in [0, 0.1) is 6.92 Å². The van der Waals surface area contributed by atoms with E-state index in [9.17, 15) is 0 Å². The van der Waals surface area contributed by atoms with Crippen LogP contribution in [0.2, 0.25) is 0 Å². The third-order valence-corrected chi connectivity index (χ3v) is 3.00. The van der Waals surface area contributed by atoms with E-state index in [2.05, 4.69) is 57.3 Å². The summed E-state index contributed by atoms with van der Waals surface area (Å²) < 4.78 is 6.30. The summed E-state index contributed by atoms with van der Waals surface area (Å²) in [5, 5.41) is 3.88. The number of benzene rings is 1. The van der Waals surface area contributed by atoms with Gasteiger partial charge in [0.2, 0.25) is 0 Å². The van der Waals surface area contributed by atoms with E-state index in [0.29, 0.717) is 0 Å². The number of hydrogen-bond acceptors (Lipinski definition) is 3. The molecule has 0 aliphatic heterocycles. The number of aryl methyl sites for hydroxylation is 1. The van der Waals surface area contributed by atoms with Crippen molar-refractivity contribution in [3.05, 3.63) is 51.8 Å². The van der Waals surface area contributed by atoms with E-state index in [1.165, 1.54) is 5.56 Å². The Kier molecular flexibility index (Phi) is 3.97. The van der Waals surface area contributed by atoms with E-state index in [-0.39, 0.29) is 0 Å². The Hall–Kier alpha value is -1.13. The van der Waals surface area contributed by atoms with E-state index < -0.39 is 0 Å². The van der Waals surface area contributed by atoms with Crippen molar-refractivity contribution < 1.29 is 4.52 Å². The third kappa shape index (κ3) is 3.68. The zero-order chi connectivity index (χ0) is 12.3. The molecule has 2 aromatic rings. The predicted octanol–water partition coefficient (Wildman–Crippen LogP) is 3.38. The lowest BCUT2D eigenvalue weighted by Gasteiger charge is -2.14. The second-order valence-corrected chi connectivity index (χ2v) is 5.15. The van der Waals surface area contributed by atoms with Crippen molar-refractivity contribution in [1.82, 2.24) is 10.1 Å². The molecule has 1 aromatic heterocycles. The topological polar surface area (TPSA) is 29.3 Å². The molecule has 0 aliphatic rings. The van der Waals surface area contributed by atoms with Gasteiger partial charge in [-0.1, -0.05) is 33.2 Å². The van der Waals surface area contributed by atoms with Gasteiger partial charge in [-0.15, -0.1) is 0 Å². The highest BCUT2D eigenvalue weighted by molar-refractivity contribution is 9.10. The van der Waals surface area contributed by atoms with Crippen molar-refractivity contribution in [2.75, 3.05) is 7.05 Å². The first kappa shape index (κ1) is 12.3. The van der Waals surface area contributed by atoms with E-state index in [1.54, 1.807) is 0 Å². The van der Waals surface area contributed by atoms with Crippen LogP contribution >= 0.6 is 15.9 Å². The Bertz CT molecular complexity index is 478. The minimum absolute atomic E-state index is 0.775. The highest BCUT2D eigenvalue weighted by Gasteiger charge is 2.05. The molecule has 0 amide bonds. The molecule has 0 saturated heterocycles. The normalized spacial score (nSPS) is 11.1. The average Bonchev–Trinajstić information content (AvgIpc) is 2.67. The Morgan fingerprint density at radius 1 is 1.24 bits per heavy atom. The first-order valence-corrected chi connectivity index (χ1v) is 6.28. The standard InChI is InChI=1S/C13H15BrN2O/c1-10-7-13(17-15-10)9-16(2)8-11-3-5-12(14)6-4-11/h3-7H,8-9H2,1-2H3. The van der Waals surface area contributed by atoms with Crippen molar-refractivity contribution in [1.29, 1.82) is 0 Å². The quantitative estimate of drug-likeness (QED) is 0.866. The minimum atomic E-state index is 0.775. The lowest BCUT2D eigenvalue weighted by Crippen LogP contribution is -2.16. The average molecular weight is 295 g/mol. The minimum Gasteiger partial charge on any atom is -0.360 e. The molecule has 90 valence electrons. The van der Waals surface area contributed by atoms with Gasteiger partial charge in [0.15, 0.2) is 5.76 Å². The molecule has 0 bridgehead atoms. The van der Waals surface area contributed by atoms with Crippen LogP contribution in [0.3, 0.4) is 0 Å². The summed E-state index contributed by atoms with van der Waals surface area (Å²) in [7, 11) is 2.07. The van der Waals surface area contributed by atoms with Gasteiger partial charge in [0.1, 0.15) is 0 Å². The molecule has 3 nitrogen and oxygen atoms in total. The summed E-state index contributed by atoms with van der Waals surface area (Å²) in [6.45, 7) is 3.60. The van der Waals surface area contributed by atoms with Crippen molar-refractivity contribution in [2.24, 2.45) is 0 Å². The Morgan fingerprint density at radius 3 is 2.53 bits per heavy atom. The number of hydrogen-bond donors (Lipinski definition) is 0. The summed E-state index contributed by atoms with van der Waals surface area (Å²) >= 11 is 3.43. The van der Waals surface area contributed by atoms with Gasteiger partial charge < -0.3 is 4.52 Å². The van der Waals surface area contributed by atoms with Gasteiger partial charge >= 0.3 is 0 Å². The molecule has 2 rings (SSSR count). The summed E-state index contributed by atoms with van der Waals surface area (Å²) in [4.78, 5) is 2.20. The van der Waals surface area contributed by atoms with Crippen molar-refractivity contribution >= 4 is 15.9 Å². The molecule has 0 aliphatic carbocycles. The second-order valence-electron chi connectivity index (χ2n) is 4.23. The van der Waals surface area contributed by atoms with Gasteiger partial charge in [0.05, 0.1) is 12.2 Å². The van der Waals surface area contributed by atoms with E-state index in [1.807, 2.05) is 13.0 Å². The molecule has 0 fully saturated rings. The first-order valence-electron chi connectivity index (χ1n) is 5.48. The molecule has 1 heterocycles. The van der Waals surface area contributed by atoms with E-state index in [0.717, 1.165) is 29.0 Å². The number of rotatable bonds is 4. The molecule has 0 N–H and O–H groups in total. The summed E-state index contributed by atoms with van der Waals surface area (Å²) in [6.07, 6.45) is 0. The molecule has 1 aromatic carbocycles. The van der Waals surface area contributed by atoms with Crippen LogP contribution in [-0.2, 0) is 13.1 Å². The highest BCUT2D eigenvalue weighted by Crippen LogP contribution is 2.13. The maximum Gasteiger partial charge on any atom is 0.150 e. The fraction of sp³-hybridized carbons (Fsp3) is 0.308. The van der Waals surface area contributed by atoms with Crippen molar-refractivity contribution in [3.8, 4) is 0 Å². The van der Waals surface area contributed by atoms with Crippen LogP contribution in [-0.4, -0.2) is 17.1 Å². The molecule has 0 unspecified atom stereocenters. The summed E-state index contributed by atoms with van der Waals surface area (Å²) in [5.41, 5.74) is 2.21. The lowest BCUT2D eigenvalue weighted by molar-refractivity contribution is 0.266. The van der Waals surface area contributed by atoms with Gasteiger partial charge in [0.25, 0.3) is 0 Å². The molecular formula is C13H15BrN2O. The summed E-state index contributed by atoms with van der Waals surface area (Å²) in [5.74, 6) is 0.905. The molecule has 0 radical (unpaired) electrons. The zero-order valence-corrected chi connectivity index (χ0v) is 11.6. The predicted molar refractivity (Wildman–Crippen MR) is 70.6 cm³/mol. The number of nitrogens with zero attached hydrogens (tertiary/aromatic N) is 2. The largest absolute Gasteiger partial charge is 0.360 e. The van der Waals surface area contributed by atoms with Gasteiger partial charge in [0, 0.05) is 17.1 Å². The van der Waals surface area contributed by atoms with Crippen LogP contribution in [0.5, 0.6) is 0 Å². The first-order chi connectivity index (χ1) is 8.13. The molecular weight excluding hydrogens is 280 g/mol. The highest BCUT2D eigenvalue weighted by atomic mass is 79.9. The van der Waals surface area contributed by atoms with Crippen LogP contribution in [0.25, 0.3) is 0 Å². The zero-order valence-electron chi connectivity index (χ0n) is 9.98. The van der Waals surface area contributed by atoms with E-state index in [4.69, 9.17) is 4.52 Å². The van der Waals surface area contributed by atoms with Gasteiger partial charge in [-0.2, -0.15) is 0 Å². The van der Waals surface area contributed by atoms with Gasteiger partial charge in [-0.3, -0.25) is 4.90 Å². The van der Waals surface area contributed by atoms with Crippen molar-refractivity contribution in [3.63, 3.8) is 0 Å². The van der Waals surface area contributed by atoms with Gasteiger partial charge in [-0.25, -0.2) is 0 Å². The third-order valence-electron chi connectivity index (χ3n) is 2.47. The molecule has 0 spiro atoms. The Labute approximate surface area is 110 Å². The smallest absolute Gasteiger partial charge is 0.150 e. The fourth-order valence-corrected chi connectivity index (χ4v) is 1.98. The maximum atomic E-state index is 5.19. The Balaban J connectivity index is 1.93. The summed E-state index contributed by atoms with van der Waals surface area (Å²) in [6, 6.07) is 10.3. The van der Waals surface area contributed by atoms with Gasteiger partial charge in [-0.05, 0) is 31.7 Å². The van der Waals surface area contributed by atoms with Crippen LogP contribution in [0.4, 0.5) is 0 Å². The van der Waals surface area contributed by atoms with Crippen molar-refractivity contribution in [2.45, 2.75) is 20.0 Å². The molecule has 17 heavy (non-hydrogen) atoms. The SMILES string of the molecule is Cc1cc(CN(C)Cc2ccc(Br)cc2)on1. The second kappa shape index (κ2) is 5.47. The molecule has 0 saturated carbocycles.